The minimum atomic E-state index is -0.0276. The first kappa shape index (κ1) is 19.6. The molecule has 4 rings (SSSR count). The van der Waals surface area contributed by atoms with E-state index in [9.17, 15) is 4.79 Å². The van der Waals surface area contributed by atoms with Gasteiger partial charge in [-0.1, -0.05) is 86.4 Å². The van der Waals surface area contributed by atoms with Crippen molar-refractivity contribution in [2.75, 3.05) is 6.54 Å². The van der Waals surface area contributed by atoms with E-state index in [-0.39, 0.29) is 5.91 Å². The number of carbonyl (C=O) groups is 1. The molecule has 4 nitrogen and oxygen atoms in total. The van der Waals surface area contributed by atoms with E-state index < -0.39 is 0 Å². The van der Waals surface area contributed by atoms with Crippen molar-refractivity contribution in [1.29, 1.82) is 0 Å². The first-order valence-corrected chi connectivity index (χ1v) is 10.7. The molecule has 0 spiro atoms. The molecule has 0 aliphatic carbocycles. The molecule has 0 unspecified atom stereocenters. The first-order chi connectivity index (χ1) is 14.0. The Balaban J connectivity index is 1.77. The van der Waals surface area contributed by atoms with Crippen LogP contribution in [-0.2, 0) is 4.79 Å². The molecule has 3 aromatic rings. The minimum Gasteiger partial charge on any atom is -0.293 e. The fraction of sp³-hybridized carbons (Fsp3) is 0.174. The Labute approximate surface area is 180 Å². The zero-order valence-corrected chi connectivity index (χ0v) is 17.9. The van der Waals surface area contributed by atoms with Crippen molar-refractivity contribution < 1.29 is 4.79 Å². The van der Waals surface area contributed by atoms with Crippen molar-refractivity contribution in [1.82, 2.24) is 14.7 Å². The van der Waals surface area contributed by atoms with Crippen molar-refractivity contribution in [2.45, 2.75) is 13.8 Å². The SMILES string of the molecule is CC(C)CN1C(=O)/C(=C\c2cn(-c3ccccc3)nc2-c2ccccc2)SC1=S. The molecule has 1 aliphatic rings. The molecule has 2 aromatic carbocycles. The van der Waals surface area contributed by atoms with E-state index in [1.165, 1.54) is 11.8 Å². The summed E-state index contributed by atoms with van der Waals surface area (Å²) in [7, 11) is 0. The maximum Gasteiger partial charge on any atom is 0.266 e. The second kappa shape index (κ2) is 8.35. The molecule has 0 bridgehead atoms. The molecule has 1 aliphatic heterocycles. The van der Waals surface area contributed by atoms with E-state index in [4.69, 9.17) is 17.3 Å². The molecular weight excluding hydrogens is 398 g/mol. The van der Waals surface area contributed by atoms with E-state index in [0.717, 1.165) is 22.5 Å². The third-order valence-corrected chi connectivity index (χ3v) is 5.90. The van der Waals surface area contributed by atoms with Gasteiger partial charge in [0.05, 0.1) is 16.3 Å². The fourth-order valence-electron chi connectivity index (χ4n) is 3.19. The summed E-state index contributed by atoms with van der Waals surface area (Å²) in [5.74, 6) is 0.331. The Morgan fingerprint density at radius 1 is 1.07 bits per heavy atom. The summed E-state index contributed by atoms with van der Waals surface area (Å²) in [6.45, 7) is 4.80. The molecule has 1 fully saturated rings. The van der Waals surface area contributed by atoms with Crippen molar-refractivity contribution in [3.63, 3.8) is 0 Å². The molecule has 1 saturated heterocycles. The van der Waals surface area contributed by atoms with Gasteiger partial charge >= 0.3 is 0 Å². The largest absolute Gasteiger partial charge is 0.293 e. The molecule has 29 heavy (non-hydrogen) atoms. The van der Waals surface area contributed by atoms with E-state index in [1.807, 2.05) is 77.6 Å². The highest BCUT2D eigenvalue weighted by Crippen LogP contribution is 2.35. The molecule has 2 heterocycles. The summed E-state index contributed by atoms with van der Waals surface area (Å²) in [6, 6.07) is 20.0. The number of nitrogens with zero attached hydrogens (tertiary/aromatic N) is 3. The molecule has 146 valence electrons. The summed E-state index contributed by atoms with van der Waals surface area (Å²) >= 11 is 6.80. The molecule has 0 radical (unpaired) electrons. The van der Waals surface area contributed by atoms with Crippen molar-refractivity contribution in [3.05, 3.63) is 77.3 Å². The molecular formula is C23H21N3OS2. The van der Waals surface area contributed by atoms with Crippen LogP contribution in [0.5, 0.6) is 0 Å². The van der Waals surface area contributed by atoms with Gasteiger partial charge in [-0.25, -0.2) is 4.68 Å². The van der Waals surface area contributed by atoms with Crippen LogP contribution in [0.15, 0.2) is 71.8 Å². The van der Waals surface area contributed by atoms with Gasteiger partial charge in [-0.3, -0.25) is 9.69 Å². The van der Waals surface area contributed by atoms with Gasteiger partial charge in [-0.2, -0.15) is 5.10 Å². The van der Waals surface area contributed by atoms with Crippen LogP contribution in [0.1, 0.15) is 19.4 Å². The lowest BCUT2D eigenvalue weighted by atomic mass is 10.1. The lowest BCUT2D eigenvalue weighted by Crippen LogP contribution is -2.31. The van der Waals surface area contributed by atoms with Crippen LogP contribution < -0.4 is 0 Å². The Hall–Kier alpha value is -2.70. The van der Waals surface area contributed by atoms with Gasteiger partial charge in [0.1, 0.15) is 4.32 Å². The number of aromatic nitrogens is 2. The summed E-state index contributed by atoms with van der Waals surface area (Å²) in [6.07, 6.45) is 3.88. The lowest BCUT2D eigenvalue weighted by molar-refractivity contribution is -0.122. The molecule has 0 atom stereocenters. The summed E-state index contributed by atoms with van der Waals surface area (Å²) in [4.78, 5) is 15.2. The van der Waals surface area contributed by atoms with Crippen LogP contribution in [0.3, 0.4) is 0 Å². The van der Waals surface area contributed by atoms with Gasteiger partial charge in [0.2, 0.25) is 0 Å². The number of hydrogen-bond acceptors (Lipinski definition) is 4. The van der Waals surface area contributed by atoms with Crippen LogP contribution in [0.4, 0.5) is 0 Å². The fourth-order valence-corrected chi connectivity index (χ4v) is 4.46. The van der Waals surface area contributed by atoms with E-state index >= 15 is 0 Å². The van der Waals surface area contributed by atoms with Crippen LogP contribution >= 0.6 is 24.0 Å². The zero-order chi connectivity index (χ0) is 20.4. The highest BCUT2D eigenvalue weighted by atomic mass is 32.2. The topological polar surface area (TPSA) is 38.1 Å². The van der Waals surface area contributed by atoms with Crippen molar-refractivity contribution >= 4 is 40.3 Å². The Morgan fingerprint density at radius 2 is 1.72 bits per heavy atom. The molecule has 0 N–H and O–H groups in total. The van der Waals surface area contributed by atoms with E-state index in [1.54, 1.807) is 4.90 Å². The zero-order valence-electron chi connectivity index (χ0n) is 16.3. The second-order valence-electron chi connectivity index (χ2n) is 7.27. The van der Waals surface area contributed by atoms with E-state index in [0.29, 0.717) is 21.7 Å². The maximum atomic E-state index is 12.9. The van der Waals surface area contributed by atoms with Crippen LogP contribution in [-0.4, -0.2) is 31.5 Å². The highest BCUT2D eigenvalue weighted by molar-refractivity contribution is 8.26. The number of benzene rings is 2. The summed E-state index contributed by atoms with van der Waals surface area (Å²) in [5.41, 5.74) is 3.71. The molecule has 6 heteroatoms. The molecule has 0 saturated carbocycles. The van der Waals surface area contributed by atoms with Gasteiger partial charge in [-0.05, 0) is 24.1 Å². The predicted octanol–water partition coefficient (Wildman–Crippen LogP) is 5.40. The Morgan fingerprint density at radius 3 is 2.38 bits per heavy atom. The average molecular weight is 420 g/mol. The number of hydrogen-bond donors (Lipinski definition) is 0. The summed E-state index contributed by atoms with van der Waals surface area (Å²) in [5, 5.41) is 4.81. The normalized spacial score (nSPS) is 15.7. The first-order valence-electron chi connectivity index (χ1n) is 9.49. The number of rotatable bonds is 5. The lowest BCUT2D eigenvalue weighted by Gasteiger charge is -2.16. The number of thiocarbonyl (C=S) groups is 1. The predicted molar refractivity (Wildman–Crippen MR) is 124 cm³/mol. The van der Waals surface area contributed by atoms with Gasteiger partial charge in [0.15, 0.2) is 0 Å². The third-order valence-electron chi connectivity index (χ3n) is 4.52. The van der Waals surface area contributed by atoms with Crippen molar-refractivity contribution in [2.24, 2.45) is 5.92 Å². The third kappa shape index (κ3) is 4.18. The number of amides is 1. The quantitative estimate of drug-likeness (QED) is 0.410. The second-order valence-corrected chi connectivity index (χ2v) is 8.94. The van der Waals surface area contributed by atoms with Gasteiger partial charge in [-0.15, -0.1) is 0 Å². The number of carbonyl (C=O) groups excluding carboxylic acids is 1. The van der Waals surface area contributed by atoms with Crippen LogP contribution in [0.2, 0.25) is 0 Å². The maximum absolute atomic E-state index is 12.9. The van der Waals surface area contributed by atoms with Crippen LogP contribution in [0, 0.1) is 5.92 Å². The highest BCUT2D eigenvalue weighted by Gasteiger charge is 2.32. The standard InChI is InChI=1S/C23H21N3OS2/c1-16(2)14-25-22(27)20(29-23(25)28)13-18-15-26(19-11-7-4-8-12-19)24-21(18)17-9-5-3-6-10-17/h3-13,15-16H,14H2,1-2H3/b20-13+. The minimum absolute atomic E-state index is 0.0276. The average Bonchev–Trinajstić information content (AvgIpc) is 3.26. The molecule has 1 amide bonds. The molecule has 1 aromatic heterocycles. The number of para-hydroxylation sites is 1. The van der Waals surface area contributed by atoms with Gasteiger partial charge < -0.3 is 0 Å². The smallest absolute Gasteiger partial charge is 0.266 e. The Bertz CT molecular complexity index is 1070. The number of thioether (sulfide) groups is 1. The summed E-state index contributed by atoms with van der Waals surface area (Å²) < 4.78 is 2.47. The van der Waals surface area contributed by atoms with Crippen molar-refractivity contribution in [3.8, 4) is 16.9 Å². The Kier molecular flexibility index (Phi) is 5.65. The monoisotopic (exact) mass is 419 g/mol. The van der Waals surface area contributed by atoms with Crippen LogP contribution in [0.25, 0.3) is 23.0 Å². The van der Waals surface area contributed by atoms with E-state index in [2.05, 4.69) is 13.8 Å². The van der Waals surface area contributed by atoms with Gasteiger partial charge in [0, 0.05) is 23.9 Å². The van der Waals surface area contributed by atoms with Gasteiger partial charge in [0.25, 0.3) is 5.91 Å².